The van der Waals surface area contributed by atoms with Gasteiger partial charge in [-0.05, 0) is 17.5 Å². The lowest BCUT2D eigenvalue weighted by Gasteiger charge is -2.17. The fraction of sp³-hybridized carbons (Fsp3) is 0.455. The molecule has 0 bridgehead atoms. The summed E-state index contributed by atoms with van der Waals surface area (Å²) in [6.07, 6.45) is 3.84. The largest absolute Gasteiger partial charge is 0.325 e. The van der Waals surface area contributed by atoms with Crippen molar-refractivity contribution in [2.45, 2.75) is 27.2 Å². The molecule has 14 heavy (non-hydrogen) atoms. The predicted molar refractivity (Wildman–Crippen MR) is 56.9 cm³/mol. The van der Waals surface area contributed by atoms with E-state index in [0.29, 0.717) is 6.42 Å². The van der Waals surface area contributed by atoms with Gasteiger partial charge in [0, 0.05) is 12.6 Å². The van der Waals surface area contributed by atoms with Crippen molar-refractivity contribution >= 4 is 11.6 Å². The van der Waals surface area contributed by atoms with E-state index in [1.165, 1.54) is 0 Å². The summed E-state index contributed by atoms with van der Waals surface area (Å²) in [4.78, 5) is 15.4. The Morgan fingerprint density at radius 1 is 1.50 bits per heavy atom. The van der Waals surface area contributed by atoms with Crippen molar-refractivity contribution in [3.63, 3.8) is 0 Å². The van der Waals surface area contributed by atoms with Gasteiger partial charge in [-0.2, -0.15) is 0 Å². The number of aromatic nitrogens is 1. The molecular weight excluding hydrogens is 176 g/mol. The Bertz CT molecular complexity index is 301. The zero-order valence-electron chi connectivity index (χ0n) is 8.87. The maximum atomic E-state index is 11.5. The van der Waals surface area contributed by atoms with Crippen LogP contribution >= 0.6 is 0 Å². The zero-order chi connectivity index (χ0) is 10.6. The van der Waals surface area contributed by atoms with E-state index in [2.05, 4.69) is 10.3 Å². The van der Waals surface area contributed by atoms with Crippen LogP contribution in [0.3, 0.4) is 0 Å². The fourth-order valence-corrected chi connectivity index (χ4v) is 1.12. The smallest absolute Gasteiger partial charge is 0.224 e. The highest BCUT2D eigenvalue weighted by Gasteiger charge is 2.15. The maximum Gasteiger partial charge on any atom is 0.224 e. The molecule has 0 atom stereocenters. The van der Waals surface area contributed by atoms with Gasteiger partial charge in [-0.1, -0.05) is 20.8 Å². The third-order valence-electron chi connectivity index (χ3n) is 1.64. The molecule has 0 aliphatic rings. The van der Waals surface area contributed by atoms with Gasteiger partial charge in [-0.15, -0.1) is 0 Å². The number of pyridine rings is 1. The topological polar surface area (TPSA) is 42.0 Å². The van der Waals surface area contributed by atoms with Crippen molar-refractivity contribution in [1.82, 2.24) is 4.98 Å². The minimum absolute atomic E-state index is 0.0201. The molecule has 0 fully saturated rings. The summed E-state index contributed by atoms with van der Waals surface area (Å²) in [6, 6.07) is 3.63. The molecule has 0 aromatic carbocycles. The molecule has 1 heterocycles. The SMILES string of the molecule is CC(C)(C)CC(=O)Nc1cccnc1. The molecule has 76 valence electrons. The van der Waals surface area contributed by atoms with Crippen LogP contribution in [-0.2, 0) is 4.79 Å². The minimum atomic E-state index is 0.0201. The van der Waals surface area contributed by atoms with Crippen molar-refractivity contribution in [3.05, 3.63) is 24.5 Å². The Morgan fingerprint density at radius 2 is 2.21 bits per heavy atom. The van der Waals surface area contributed by atoms with Crippen LogP contribution in [0.1, 0.15) is 27.2 Å². The number of amides is 1. The van der Waals surface area contributed by atoms with Gasteiger partial charge in [-0.3, -0.25) is 9.78 Å². The third kappa shape index (κ3) is 4.03. The van der Waals surface area contributed by atoms with Gasteiger partial charge >= 0.3 is 0 Å². The lowest BCUT2D eigenvalue weighted by Crippen LogP contribution is -2.19. The van der Waals surface area contributed by atoms with Crippen LogP contribution in [-0.4, -0.2) is 10.9 Å². The summed E-state index contributed by atoms with van der Waals surface area (Å²) in [7, 11) is 0. The molecule has 3 nitrogen and oxygen atoms in total. The number of carbonyl (C=O) groups is 1. The zero-order valence-corrected chi connectivity index (χ0v) is 8.87. The first-order valence-corrected chi connectivity index (χ1v) is 4.67. The van der Waals surface area contributed by atoms with Crippen LogP contribution in [0, 0.1) is 5.41 Å². The number of nitrogens with zero attached hydrogens (tertiary/aromatic N) is 1. The number of rotatable bonds is 2. The molecule has 1 aromatic rings. The van der Waals surface area contributed by atoms with E-state index in [0.717, 1.165) is 5.69 Å². The lowest BCUT2D eigenvalue weighted by atomic mass is 9.92. The summed E-state index contributed by atoms with van der Waals surface area (Å²) in [5, 5.41) is 2.80. The monoisotopic (exact) mass is 192 g/mol. The molecule has 3 heteroatoms. The molecule has 0 spiro atoms. The van der Waals surface area contributed by atoms with Gasteiger partial charge in [0.2, 0.25) is 5.91 Å². The van der Waals surface area contributed by atoms with E-state index in [1.807, 2.05) is 26.8 Å². The highest BCUT2D eigenvalue weighted by molar-refractivity contribution is 5.90. The number of hydrogen-bond acceptors (Lipinski definition) is 2. The molecule has 0 saturated heterocycles. The van der Waals surface area contributed by atoms with Gasteiger partial charge in [-0.25, -0.2) is 0 Å². The highest BCUT2D eigenvalue weighted by Crippen LogP contribution is 2.19. The minimum Gasteiger partial charge on any atom is -0.325 e. The molecule has 1 aromatic heterocycles. The van der Waals surface area contributed by atoms with Gasteiger partial charge in [0.25, 0.3) is 0 Å². The maximum absolute atomic E-state index is 11.5. The predicted octanol–water partition coefficient (Wildman–Crippen LogP) is 2.46. The molecule has 0 saturated carbocycles. The van der Waals surface area contributed by atoms with Gasteiger partial charge < -0.3 is 5.32 Å². The van der Waals surface area contributed by atoms with Crippen molar-refractivity contribution in [2.75, 3.05) is 5.32 Å². The molecule has 0 aliphatic carbocycles. The highest BCUT2D eigenvalue weighted by atomic mass is 16.1. The van der Waals surface area contributed by atoms with Crippen LogP contribution in [0.5, 0.6) is 0 Å². The summed E-state index contributed by atoms with van der Waals surface area (Å²) in [5.41, 5.74) is 0.772. The van der Waals surface area contributed by atoms with E-state index in [1.54, 1.807) is 18.5 Å². The second-order valence-electron chi connectivity index (χ2n) is 4.53. The van der Waals surface area contributed by atoms with Crippen molar-refractivity contribution in [1.29, 1.82) is 0 Å². The second-order valence-corrected chi connectivity index (χ2v) is 4.53. The molecule has 1 amide bonds. The number of hydrogen-bond donors (Lipinski definition) is 1. The number of nitrogens with one attached hydrogen (secondary N) is 1. The Kier molecular flexibility index (Phi) is 3.23. The van der Waals surface area contributed by atoms with Crippen molar-refractivity contribution in [3.8, 4) is 0 Å². The summed E-state index contributed by atoms with van der Waals surface area (Å²) < 4.78 is 0. The Hall–Kier alpha value is -1.38. The average Bonchev–Trinajstić information content (AvgIpc) is 2.02. The molecular formula is C11H16N2O. The molecule has 0 radical (unpaired) electrons. The van der Waals surface area contributed by atoms with Crippen LogP contribution in [0.15, 0.2) is 24.5 Å². The first kappa shape index (κ1) is 10.7. The summed E-state index contributed by atoms with van der Waals surface area (Å²) >= 11 is 0. The van der Waals surface area contributed by atoms with Crippen LogP contribution in [0.25, 0.3) is 0 Å². The first-order chi connectivity index (χ1) is 6.47. The fourth-order valence-electron chi connectivity index (χ4n) is 1.12. The molecule has 0 aliphatic heterocycles. The van der Waals surface area contributed by atoms with Crippen LogP contribution in [0.4, 0.5) is 5.69 Å². The summed E-state index contributed by atoms with van der Waals surface area (Å²) in [5.74, 6) is 0.0329. The van der Waals surface area contributed by atoms with E-state index in [9.17, 15) is 4.79 Å². The van der Waals surface area contributed by atoms with Gasteiger partial charge in [0.05, 0.1) is 11.9 Å². The van der Waals surface area contributed by atoms with Crippen molar-refractivity contribution < 1.29 is 4.79 Å². The molecule has 0 unspecified atom stereocenters. The van der Waals surface area contributed by atoms with E-state index >= 15 is 0 Å². The first-order valence-electron chi connectivity index (χ1n) is 4.67. The molecule has 1 N–H and O–H groups in total. The van der Waals surface area contributed by atoms with Gasteiger partial charge in [0.1, 0.15) is 0 Å². The Labute approximate surface area is 84.6 Å². The summed E-state index contributed by atoms with van der Waals surface area (Å²) in [6.45, 7) is 6.11. The van der Waals surface area contributed by atoms with Crippen molar-refractivity contribution in [2.24, 2.45) is 5.41 Å². The van der Waals surface area contributed by atoms with E-state index in [-0.39, 0.29) is 11.3 Å². The second kappa shape index (κ2) is 4.22. The number of carbonyl (C=O) groups excluding carboxylic acids is 1. The van der Waals surface area contributed by atoms with E-state index in [4.69, 9.17) is 0 Å². The lowest BCUT2D eigenvalue weighted by molar-refractivity contribution is -0.117. The normalized spacial score (nSPS) is 11.1. The van der Waals surface area contributed by atoms with Gasteiger partial charge in [0.15, 0.2) is 0 Å². The third-order valence-corrected chi connectivity index (χ3v) is 1.64. The van der Waals surface area contributed by atoms with Crippen LogP contribution < -0.4 is 5.32 Å². The Morgan fingerprint density at radius 3 is 2.71 bits per heavy atom. The standard InChI is InChI=1S/C11H16N2O/c1-11(2,3)7-10(14)13-9-5-4-6-12-8-9/h4-6,8H,7H2,1-3H3,(H,13,14). The Balaban J connectivity index is 2.50. The average molecular weight is 192 g/mol. The van der Waals surface area contributed by atoms with Crippen LogP contribution in [0.2, 0.25) is 0 Å². The number of anilines is 1. The molecule has 1 rings (SSSR count). The quantitative estimate of drug-likeness (QED) is 0.782. The van der Waals surface area contributed by atoms with E-state index < -0.39 is 0 Å².